The van der Waals surface area contributed by atoms with Crippen LogP contribution in [-0.2, 0) is 6.42 Å². The van der Waals surface area contributed by atoms with Crippen molar-refractivity contribution >= 4 is 28.4 Å². The van der Waals surface area contributed by atoms with Gasteiger partial charge >= 0.3 is 0 Å². The highest BCUT2D eigenvalue weighted by Gasteiger charge is 2.17. The number of alkyl halides is 2. The average molecular weight is 324 g/mol. The maximum atomic E-state index is 12.7. The van der Waals surface area contributed by atoms with E-state index >= 15 is 0 Å². The number of carbonyl (C=O) groups is 1. The van der Waals surface area contributed by atoms with Crippen LogP contribution in [0.4, 0.5) is 8.78 Å². The molecule has 1 rings (SSSR count). The normalized spacial score (nSPS) is 10.8. The Kier molecular flexibility index (Phi) is 4.19. The third-order valence-corrected chi connectivity index (χ3v) is 3.22. The van der Waals surface area contributed by atoms with Crippen LogP contribution in [0, 0.1) is 3.57 Å². The maximum Gasteiger partial charge on any atom is 0.264 e. The summed E-state index contributed by atoms with van der Waals surface area (Å²) in [5.41, 5.74) is 0.835. The van der Waals surface area contributed by atoms with Crippen LogP contribution in [-0.4, -0.2) is 5.78 Å². The van der Waals surface area contributed by atoms with Crippen LogP contribution < -0.4 is 0 Å². The van der Waals surface area contributed by atoms with Crippen LogP contribution in [0.15, 0.2) is 12.1 Å². The fourth-order valence-electron chi connectivity index (χ4n) is 1.39. The summed E-state index contributed by atoms with van der Waals surface area (Å²) < 4.78 is 26.2. The molecule has 0 saturated heterocycles. The lowest BCUT2D eigenvalue weighted by molar-refractivity contribution is 0.0999. The van der Waals surface area contributed by atoms with E-state index in [0.29, 0.717) is 6.42 Å². The number of hydrogen-bond donors (Lipinski definition) is 0. The van der Waals surface area contributed by atoms with Crippen molar-refractivity contribution < 1.29 is 13.6 Å². The average Bonchev–Trinajstić information content (AvgIpc) is 2.16. The van der Waals surface area contributed by atoms with Crippen molar-refractivity contribution in [3.63, 3.8) is 0 Å². The highest BCUT2D eigenvalue weighted by Crippen LogP contribution is 2.27. The molecule has 0 unspecified atom stereocenters. The maximum absolute atomic E-state index is 12.7. The molecule has 0 spiro atoms. The predicted octanol–water partition coefficient (Wildman–Crippen LogP) is 3.99. The van der Waals surface area contributed by atoms with Crippen LogP contribution in [0.3, 0.4) is 0 Å². The van der Waals surface area contributed by atoms with Crippen LogP contribution in [0.5, 0.6) is 0 Å². The van der Waals surface area contributed by atoms with E-state index in [-0.39, 0.29) is 16.9 Å². The van der Waals surface area contributed by atoms with Crippen molar-refractivity contribution in [3.05, 3.63) is 32.4 Å². The van der Waals surface area contributed by atoms with Crippen molar-refractivity contribution in [2.24, 2.45) is 0 Å². The third kappa shape index (κ3) is 2.74. The third-order valence-electron chi connectivity index (χ3n) is 2.21. The van der Waals surface area contributed by atoms with Gasteiger partial charge in [0.05, 0.1) is 0 Å². The van der Waals surface area contributed by atoms with E-state index < -0.39 is 6.43 Å². The lowest BCUT2D eigenvalue weighted by Gasteiger charge is -2.10. The Morgan fingerprint density at radius 2 is 2.07 bits per heavy atom. The lowest BCUT2D eigenvalue weighted by atomic mass is 10.0. The summed E-state index contributed by atoms with van der Waals surface area (Å²) in [7, 11) is 0. The number of carbonyl (C=O) groups excluding carboxylic acids is 1. The van der Waals surface area contributed by atoms with Crippen molar-refractivity contribution in [2.75, 3.05) is 0 Å². The lowest BCUT2D eigenvalue weighted by Crippen LogP contribution is -2.03. The second-order valence-electron chi connectivity index (χ2n) is 3.24. The van der Waals surface area contributed by atoms with Gasteiger partial charge < -0.3 is 0 Å². The minimum absolute atomic E-state index is 0.131. The van der Waals surface area contributed by atoms with E-state index in [0.717, 1.165) is 9.13 Å². The molecule has 0 fully saturated rings. The molecule has 1 aromatic rings. The summed E-state index contributed by atoms with van der Waals surface area (Å²) >= 11 is 2.06. The molecule has 15 heavy (non-hydrogen) atoms. The molecule has 4 heteroatoms. The first-order valence-corrected chi connectivity index (χ1v) is 5.66. The van der Waals surface area contributed by atoms with E-state index in [2.05, 4.69) is 22.6 Å². The fraction of sp³-hybridized carbons (Fsp3) is 0.364. The Morgan fingerprint density at radius 1 is 1.47 bits per heavy atom. The minimum atomic E-state index is -2.59. The van der Waals surface area contributed by atoms with Gasteiger partial charge in [0.1, 0.15) is 0 Å². The van der Waals surface area contributed by atoms with Gasteiger partial charge in [-0.1, -0.05) is 6.92 Å². The topological polar surface area (TPSA) is 17.1 Å². The van der Waals surface area contributed by atoms with Crippen LogP contribution in [0.25, 0.3) is 0 Å². The van der Waals surface area contributed by atoms with E-state index in [1.807, 2.05) is 6.92 Å². The molecule has 1 nitrogen and oxygen atoms in total. The summed E-state index contributed by atoms with van der Waals surface area (Å²) in [4.78, 5) is 11.2. The van der Waals surface area contributed by atoms with Gasteiger partial charge in [-0.3, -0.25) is 4.79 Å². The number of benzene rings is 1. The van der Waals surface area contributed by atoms with Gasteiger partial charge in [-0.15, -0.1) is 0 Å². The van der Waals surface area contributed by atoms with E-state index in [4.69, 9.17) is 0 Å². The van der Waals surface area contributed by atoms with Gasteiger partial charge in [0.15, 0.2) is 5.78 Å². The van der Waals surface area contributed by atoms with Gasteiger partial charge in [-0.2, -0.15) is 0 Å². The molecular weight excluding hydrogens is 313 g/mol. The summed E-state index contributed by atoms with van der Waals surface area (Å²) in [6.45, 7) is 3.21. The van der Waals surface area contributed by atoms with Crippen molar-refractivity contribution in [3.8, 4) is 0 Å². The molecule has 0 amide bonds. The van der Waals surface area contributed by atoms with Gasteiger partial charge in [-0.25, -0.2) is 8.78 Å². The first-order chi connectivity index (χ1) is 6.97. The monoisotopic (exact) mass is 324 g/mol. The Hall–Kier alpha value is -0.520. The summed E-state index contributed by atoms with van der Waals surface area (Å²) in [5, 5.41) is 0. The molecule has 0 radical (unpaired) electrons. The Balaban J connectivity index is 3.38. The Bertz CT molecular complexity index is 388. The zero-order valence-electron chi connectivity index (χ0n) is 8.48. The van der Waals surface area contributed by atoms with Gasteiger partial charge in [0.25, 0.3) is 6.43 Å². The van der Waals surface area contributed by atoms with Crippen LogP contribution in [0.1, 0.15) is 41.8 Å². The quantitative estimate of drug-likeness (QED) is 0.607. The molecule has 0 bridgehead atoms. The second kappa shape index (κ2) is 5.01. The van der Waals surface area contributed by atoms with E-state index in [1.54, 1.807) is 6.07 Å². The molecule has 0 atom stereocenters. The zero-order valence-corrected chi connectivity index (χ0v) is 10.6. The molecule has 0 aromatic heterocycles. The number of halogens is 3. The molecule has 0 aliphatic rings. The number of hydrogen-bond acceptors (Lipinski definition) is 1. The van der Waals surface area contributed by atoms with Crippen molar-refractivity contribution in [1.29, 1.82) is 0 Å². The van der Waals surface area contributed by atoms with Crippen LogP contribution >= 0.6 is 22.6 Å². The second-order valence-corrected chi connectivity index (χ2v) is 4.40. The fourth-order valence-corrected chi connectivity index (χ4v) is 2.24. The van der Waals surface area contributed by atoms with E-state index in [1.165, 1.54) is 13.0 Å². The van der Waals surface area contributed by atoms with Crippen molar-refractivity contribution in [2.45, 2.75) is 26.7 Å². The molecule has 0 saturated carbocycles. The summed E-state index contributed by atoms with van der Waals surface area (Å²) in [6, 6.07) is 2.98. The molecule has 0 N–H and O–H groups in total. The first-order valence-electron chi connectivity index (χ1n) is 4.58. The van der Waals surface area contributed by atoms with Gasteiger partial charge in [-0.05, 0) is 53.6 Å². The number of aryl methyl sites for hydroxylation is 1. The first kappa shape index (κ1) is 12.5. The number of ketones is 1. The largest absolute Gasteiger partial charge is 0.294 e. The number of Topliss-reactive ketones (excluding diaryl/α,β-unsaturated/α-hetero) is 1. The summed E-state index contributed by atoms with van der Waals surface area (Å²) in [5.74, 6) is -0.314. The highest BCUT2D eigenvalue weighted by atomic mass is 127. The Morgan fingerprint density at radius 3 is 2.47 bits per heavy atom. The standard InChI is InChI=1S/C11H11F2IO/c1-3-7-4-9(11(12)13)8(6(2)15)5-10(7)14/h4-5,11H,3H2,1-2H3. The summed E-state index contributed by atoms with van der Waals surface area (Å²) in [6.07, 6.45) is -1.90. The smallest absolute Gasteiger partial charge is 0.264 e. The molecule has 0 aliphatic carbocycles. The van der Waals surface area contributed by atoms with Gasteiger partial charge in [0.2, 0.25) is 0 Å². The molecule has 0 aliphatic heterocycles. The molecule has 1 aromatic carbocycles. The Labute approximate surface area is 101 Å². The van der Waals surface area contributed by atoms with E-state index in [9.17, 15) is 13.6 Å². The minimum Gasteiger partial charge on any atom is -0.294 e. The van der Waals surface area contributed by atoms with Crippen LogP contribution in [0.2, 0.25) is 0 Å². The zero-order chi connectivity index (χ0) is 11.6. The SMILES string of the molecule is CCc1cc(C(F)F)c(C(C)=O)cc1I. The number of rotatable bonds is 3. The highest BCUT2D eigenvalue weighted by molar-refractivity contribution is 14.1. The van der Waals surface area contributed by atoms with Crippen molar-refractivity contribution in [1.82, 2.24) is 0 Å². The molecule has 0 heterocycles. The molecule has 82 valence electrons. The van der Waals surface area contributed by atoms with Gasteiger partial charge in [0, 0.05) is 14.7 Å². The molecular formula is C11H11F2IO. The predicted molar refractivity (Wildman–Crippen MR) is 63.5 cm³/mol.